The Morgan fingerprint density at radius 3 is 2.31 bits per heavy atom. The van der Waals surface area contributed by atoms with E-state index in [1.54, 1.807) is 34.5 Å². The standard InChI is InChI=1S/C24H26N4O2S2/c1-4-27(5-2)32(29,30)20-15-16-22-25-26-24(28(22)17-20)31-23(19-12-7-6-8-13-19)21-14-10-9-11-18(21)3/h6-17,23H,4-5H2,1-3H3. The van der Waals surface area contributed by atoms with Gasteiger partial charge < -0.3 is 0 Å². The summed E-state index contributed by atoms with van der Waals surface area (Å²) in [5.41, 5.74) is 4.14. The number of rotatable bonds is 8. The van der Waals surface area contributed by atoms with E-state index in [2.05, 4.69) is 41.4 Å². The molecule has 0 saturated heterocycles. The Morgan fingerprint density at radius 2 is 1.62 bits per heavy atom. The second-order valence-corrected chi connectivity index (χ2v) is 10.4. The average Bonchev–Trinajstić information content (AvgIpc) is 3.21. The van der Waals surface area contributed by atoms with Crippen LogP contribution in [0.3, 0.4) is 0 Å². The predicted molar refractivity (Wildman–Crippen MR) is 128 cm³/mol. The summed E-state index contributed by atoms with van der Waals surface area (Å²) in [7, 11) is -3.58. The number of hydrogen-bond donors (Lipinski definition) is 0. The number of pyridine rings is 1. The number of sulfonamides is 1. The lowest BCUT2D eigenvalue weighted by Gasteiger charge is -2.20. The molecule has 8 heteroatoms. The zero-order valence-corrected chi connectivity index (χ0v) is 20.0. The summed E-state index contributed by atoms with van der Waals surface area (Å²) in [6, 6.07) is 21.9. The van der Waals surface area contributed by atoms with Crippen LogP contribution in [0.2, 0.25) is 0 Å². The first-order valence-corrected chi connectivity index (χ1v) is 12.9. The molecule has 32 heavy (non-hydrogen) atoms. The van der Waals surface area contributed by atoms with Gasteiger partial charge in [-0.05, 0) is 35.7 Å². The number of aromatic nitrogens is 3. The van der Waals surface area contributed by atoms with Crippen molar-refractivity contribution in [2.75, 3.05) is 13.1 Å². The molecule has 4 aromatic rings. The molecule has 6 nitrogen and oxygen atoms in total. The second kappa shape index (κ2) is 9.44. The van der Waals surface area contributed by atoms with E-state index >= 15 is 0 Å². The molecule has 4 rings (SSSR count). The van der Waals surface area contributed by atoms with Crippen molar-refractivity contribution in [3.8, 4) is 0 Å². The SMILES string of the molecule is CCN(CC)S(=O)(=O)c1ccc2nnc(SC(c3ccccc3)c3ccccc3C)n2c1. The number of hydrogen-bond acceptors (Lipinski definition) is 5. The molecule has 1 unspecified atom stereocenters. The minimum absolute atomic E-state index is 0.00662. The molecule has 0 saturated carbocycles. The molecule has 0 radical (unpaired) electrons. The Kier molecular flexibility index (Phi) is 6.64. The van der Waals surface area contributed by atoms with Crippen molar-refractivity contribution in [2.45, 2.75) is 36.1 Å². The normalized spacial score (nSPS) is 13.0. The highest BCUT2D eigenvalue weighted by Gasteiger charge is 2.24. The van der Waals surface area contributed by atoms with Gasteiger partial charge in [0.1, 0.15) is 0 Å². The first kappa shape index (κ1) is 22.5. The molecule has 2 aromatic carbocycles. The van der Waals surface area contributed by atoms with Crippen molar-refractivity contribution in [3.63, 3.8) is 0 Å². The summed E-state index contributed by atoms with van der Waals surface area (Å²) in [5.74, 6) is 0. The van der Waals surface area contributed by atoms with Crippen molar-refractivity contribution >= 4 is 27.4 Å². The summed E-state index contributed by atoms with van der Waals surface area (Å²) >= 11 is 1.57. The first-order chi connectivity index (χ1) is 15.5. The lowest BCUT2D eigenvalue weighted by Crippen LogP contribution is -2.30. The van der Waals surface area contributed by atoms with E-state index in [1.807, 2.05) is 44.2 Å². The quantitative estimate of drug-likeness (QED) is 0.344. The lowest BCUT2D eigenvalue weighted by atomic mass is 10.0. The van der Waals surface area contributed by atoms with Gasteiger partial charge in [0.05, 0.1) is 10.1 Å². The number of nitrogens with zero attached hydrogens (tertiary/aromatic N) is 4. The Labute approximate surface area is 193 Å². The van der Waals surface area contributed by atoms with Crippen molar-refractivity contribution in [2.24, 2.45) is 0 Å². The largest absolute Gasteiger partial charge is 0.276 e. The number of thioether (sulfide) groups is 1. The Bertz CT molecular complexity index is 1320. The van der Waals surface area contributed by atoms with Crippen molar-refractivity contribution in [1.29, 1.82) is 0 Å². The third-order valence-electron chi connectivity index (χ3n) is 5.48. The van der Waals surface area contributed by atoms with E-state index in [0.717, 1.165) is 5.56 Å². The van der Waals surface area contributed by atoms with Crippen LogP contribution in [0.4, 0.5) is 0 Å². The number of aryl methyl sites for hydroxylation is 1. The molecule has 0 aliphatic heterocycles. The van der Waals surface area contributed by atoms with E-state index in [4.69, 9.17) is 0 Å². The third kappa shape index (κ3) is 4.30. The zero-order chi connectivity index (χ0) is 22.7. The Hall–Kier alpha value is -2.68. The first-order valence-electron chi connectivity index (χ1n) is 10.6. The second-order valence-electron chi connectivity index (χ2n) is 7.43. The van der Waals surface area contributed by atoms with E-state index in [0.29, 0.717) is 23.9 Å². The molecule has 2 aromatic heterocycles. The van der Waals surface area contributed by atoms with Crippen LogP contribution in [0, 0.1) is 6.92 Å². The van der Waals surface area contributed by atoms with Gasteiger partial charge in [0, 0.05) is 19.3 Å². The highest BCUT2D eigenvalue weighted by Crippen LogP contribution is 2.41. The smallest absolute Gasteiger partial charge is 0.244 e. The summed E-state index contributed by atoms with van der Waals surface area (Å²) in [6.45, 7) is 6.62. The molecule has 0 fully saturated rings. The van der Waals surface area contributed by atoms with Gasteiger partial charge in [0.25, 0.3) is 0 Å². The van der Waals surface area contributed by atoms with Crippen molar-refractivity contribution in [1.82, 2.24) is 18.9 Å². The molecule has 0 N–H and O–H groups in total. The predicted octanol–water partition coefficient (Wildman–Crippen LogP) is 4.95. The molecule has 2 heterocycles. The van der Waals surface area contributed by atoms with E-state index in [9.17, 15) is 8.42 Å². The molecule has 0 bridgehead atoms. The maximum Gasteiger partial charge on any atom is 0.244 e. The van der Waals surface area contributed by atoms with Gasteiger partial charge in [-0.15, -0.1) is 10.2 Å². The van der Waals surface area contributed by atoms with Crippen LogP contribution in [-0.4, -0.2) is 40.4 Å². The minimum Gasteiger partial charge on any atom is -0.276 e. The van der Waals surface area contributed by atoms with Gasteiger partial charge in [-0.2, -0.15) is 4.31 Å². The fourth-order valence-corrected chi connectivity index (χ4v) is 6.42. The molecule has 0 spiro atoms. The van der Waals surface area contributed by atoms with Crippen LogP contribution >= 0.6 is 11.8 Å². The van der Waals surface area contributed by atoms with Crippen LogP contribution < -0.4 is 0 Å². The Balaban J connectivity index is 1.79. The van der Waals surface area contributed by atoms with Crippen molar-refractivity contribution in [3.05, 3.63) is 89.6 Å². The van der Waals surface area contributed by atoms with Crippen LogP contribution in [0.25, 0.3) is 5.65 Å². The van der Waals surface area contributed by atoms with Gasteiger partial charge in [-0.3, -0.25) is 4.40 Å². The molecular weight excluding hydrogens is 440 g/mol. The summed E-state index contributed by atoms with van der Waals surface area (Å²) in [6.07, 6.45) is 1.63. The summed E-state index contributed by atoms with van der Waals surface area (Å²) < 4.78 is 29.3. The van der Waals surface area contributed by atoms with Crippen LogP contribution in [0.1, 0.15) is 35.8 Å². The maximum atomic E-state index is 13.0. The molecular formula is C24H26N4O2S2. The number of fused-ring (bicyclic) bond motifs is 1. The number of benzene rings is 2. The molecule has 0 aliphatic carbocycles. The summed E-state index contributed by atoms with van der Waals surface area (Å²) in [5, 5.41) is 9.31. The summed E-state index contributed by atoms with van der Waals surface area (Å²) in [4.78, 5) is 0.238. The third-order valence-corrected chi connectivity index (χ3v) is 8.77. The molecule has 0 amide bonds. The van der Waals surface area contributed by atoms with Gasteiger partial charge in [-0.25, -0.2) is 8.42 Å². The lowest BCUT2D eigenvalue weighted by molar-refractivity contribution is 0.445. The van der Waals surface area contributed by atoms with E-state index < -0.39 is 10.0 Å². The van der Waals surface area contributed by atoms with Crippen molar-refractivity contribution < 1.29 is 8.42 Å². The minimum atomic E-state index is -3.58. The van der Waals surface area contributed by atoms with Crippen LogP contribution in [0.15, 0.2) is 83.0 Å². The van der Waals surface area contributed by atoms with Gasteiger partial charge in [0.2, 0.25) is 10.0 Å². The highest BCUT2D eigenvalue weighted by atomic mass is 32.2. The van der Waals surface area contributed by atoms with Gasteiger partial charge in [-0.1, -0.05) is 80.2 Å². The average molecular weight is 467 g/mol. The van der Waals surface area contributed by atoms with Gasteiger partial charge in [0.15, 0.2) is 10.8 Å². The topological polar surface area (TPSA) is 67.6 Å². The Morgan fingerprint density at radius 1 is 0.938 bits per heavy atom. The highest BCUT2D eigenvalue weighted by molar-refractivity contribution is 7.99. The molecule has 1 atom stereocenters. The maximum absolute atomic E-state index is 13.0. The van der Waals surface area contributed by atoms with E-state index in [1.165, 1.54) is 15.4 Å². The van der Waals surface area contributed by atoms with Gasteiger partial charge >= 0.3 is 0 Å². The molecule has 166 valence electrons. The zero-order valence-electron chi connectivity index (χ0n) is 18.3. The fraction of sp³-hybridized carbons (Fsp3) is 0.250. The van der Waals surface area contributed by atoms with Crippen LogP contribution in [0.5, 0.6) is 0 Å². The fourth-order valence-electron chi connectivity index (χ4n) is 3.72. The van der Waals surface area contributed by atoms with Crippen LogP contribution in [-0.2, 0) is 10.0 Å². The monoisotopic (exact) mass is 466 g/mol. The van der Waals surface area contributed by atoms with E-state index in [-0.39, 0.29) is 10.1 Å². The molecule has 0 aliphatic rings.